The smallest absolute Gasteiger partial charge is 0.134 e. The Bertz CT molecular complexity index is 2300. The molecule has 3 nitrogen and oxygen atoms in total. The summed E-state index contributed by atoms with van der Waals surface area (Å²) in [6, 6.07) is 54.3. The summed E-state index contributed by atoms with van der Waals surface area (Å²) in [6.07, 6.45) is 2.28. The normalized spacial score (nSPS) is 18.6. The van der Waals surface area contributed by atoms with E-state index in [2.05, 4.69) is 175 Å². The summed E-state index contributed by atoms with van der Waals surface area (Å²) in [5.74, 6) is 1.89. The quantitative estimate of drug-likeness (QED) is 0.222. The third kappa shape index (κ3) is 3.80. The van der Waals surface area contributed by atoms with Crippen molar-refractivity contribution in [2.24, 2.45) is 4.99 Å². The summed E-state index contributed by atoms with van der Waals surface area (Å²) >= 11 is 0. The summed E-state index contributed by atoms with van der Waals surface area (Å²) in [7, 11) is 0. The number of rotatable bonds is 4. The minimum atomic E-state index is -0.278. The number of nitrogens with one attached hydrogen (secondary N) is 1. The molecule has 3 heteroatoms. The Labute approximate surface area is 262 Å². The average Bonchev–Trinajstić information content (AvgIpc) is 3.60. The van der Waals surface area contributed by atoms with Crippen LogP contribution >= 0.6 is 0 Å². The Kier molecular flexibility index (Phi) is 5.69. The number of nitrogens with zero attached hydrogens (tertiary/aromatic N) is 2. The fourth-order valence-electron chi connectivity index (χ4n) is 7.58. The van der Waals surface area contributed by atoms with E-state index in [-0.39, 0.29) is 11.5 Å². The molecule has 0 saturated carbocycles. The molecule has 9 rings (SSSR count). The van der Waals surface area contributed by atoms with E-state index in [0.717, 1.165) is 22.8 Å². The summed E-state index contributed by atoms with van der Waals surface area (Å²) in [4.78, 5) is 5.23. The van der Waals surface area contributed by atoms with Crippen LogP contribution in [-0.4, -0.2) is 10.4 Å². The van der Waals surface area contributed by atoms with Crippen molar-refractivity contribution in [2.45, 2.75) is 18.4 Å². The van der Waals surface area contributed by atoms with Gasteiger partial charge >= 0.3 is 0 Å². The Morgan fingerprint density at radius 2 is 1.29 bits per heavy atom. The molecule has 0 saturated heterocycles. The third-order valence-corrected chi connectivity index (χ3v) is 9.72. The molecule has 1 aliphatic carbocycles. The van der Waals surface area contributed by atoms with Gasteiger partial charge in [0.2, 0.25) is 0 Å². The molecule has 45 heavy (non-hydrogen) atoms. The number of hydrogen-bond acceptors (Lipinski definition) is 2. The van der Waals surface area contributed by atoms with E-state index in [1.165, 1.54) is 49.6 Å². The van der Waals surface area contributed by atoms with E-state index in [4.69, 9.17) is 4.99 Å². The molecular formula is C42H31N3. The number of benzene rings is 6. The largest absolute Gasteiger partial charge is 0.326 e. The van der Waals surface area contributed by atoms with Crippen molar-refractivity contribution in [2.75, 3.05) is 0 Å². The highest BCUT2D eigenvalue weighted by Crippen LogP contribution is 2.55. The first-order chi connectivity index (χ1) is 22.2. The van der Waals surface area contributed by atoms with Gasteiger partial charge in [-0.2, -0.15) is 0 Å². The number of para-hydroxylation sites is 1. The Hall–Kier alpha value is -5.67. The molecule has 2 unspecified atom stereocenters. The van der Waals surface area contributed by atoms with Crippen LogP contribution in [0, 0.1) is 0 Å². The second-order valence-corrected chi connectivity index (χ2v) is 12.1. The van der Waals surface area contributed by atoms with Crippen LogP contribution in [-0.2, 0) is 5.41 Å². The highest BCUT2D eigenvalue weighted by molar-refractivity contribution is 6.17. The number of aliphatic imine (C=N–C) groups is 1. The van der Waals surface area contributed by atoms with Crippen molar-refractivity contribution in [1.29, 1.82) is 0 Å². The number of hydrogen-bond donors (Lipinski definition) is 1. The molecule has 6 aromatic carbocycles. The highest BCUT2D eigenvalue weighted by atomic mass is 15.2. The van der Waals surface area contributed by atoms with Crippen LogP contribution < -0.4 is 5.32 Å². The molecule has 1 aliphatic heterocycles. The van der Waals surface area contributed by atoms with Gasteiger partial charge in [0.1, 0.15) is 11.7 Å². The maximum absolute atomic E-state index is 5.23. The first-order valence-corrected chi connectivity index (χ1v) is 15.6. The molecule has 0 radical (unpaired) electrons. The second-order valence-electron chi connectivity index (χ2n) is 12.1. The Balaban J connectivity index is 1.36. The standard InChI is InChI=1S/C42H31N3/c1-42(30-19-9-4-10-20-30)34-23-13-11-22-33(34)39-35(42)26-25-32-31-21-12-14-24-37(31)45(40(32)39)38-27-36(28-15-5-2-6-16-28)43-41(44-38)29-17-7-3-8-18-29/h2-27,36H,1H3,(H,43,44). The van der Waals surface area contributed by atoms with Gasteiger partial charge in [0, 0.05) is 27.3 Å². The van der Waals surface area contributed by atoms with Gasteiger partial charge in [0.15, 0.2) is 0 Å². The van der Waals surface area contributed by atoms with Crippen molar-refractivity contribution in [1.82, 2.24) is 9.88 Å². The van der Waals surface area contributed by atoms with Crippen LogP contribution in [0.1, 0.15) is 40.8 Å². The van der Waals surface area contributed by atoms with E-state index in [9.17, 15) is 0 Å². The van der Waals surface area contributed by atoms with Crippen LogP contribution in [0.2, 0.25) is 0 Å². The molecule has 0 bridgehead atoms. The van der Waals surface area contributed by atoms with Crippen LogP contribution in [0.15, 0.2) is 163 Å². The zero-order chi connectivity index (χ0) is 30.0. The van der Waals surface area contributed by atoms with Crippen LogP contribution in [0.25, 0.3) is 38.8 Å². The Morgan fingerprint density at radius 1 is 0.622 bits per heavy atom. The molecule has 0 spiro atoms. The lowest BCUT2D eigenvalue weighted by Gasteiger charge is -2.28. The number of amidine groups is 1. The summed E-state index contributed by atoms with van der Waals surface area (Å²) < 4.78 is 2.45. The first-order valence-electron chi connectivity index (χ1n) is 15.6. The summed E-state index contributed by atoms with van der Waals surface area (Å²) in [5, 5.41) is 6.29. The van der Waals surface area contributed by atoms with Gasteiger partial charge < -0.3 is 5.32 Å². The zero-order valence-corrected chi connectivity index (χ0v) is 25.0. The van der Waals surface area contributed by atoms with Crippen LogP contribution in [0.4, 0.5) is 0 Å². The minimum absolute atomic E-state index is 0.132. The first kappa shape index (κ1) is 25.8. The fourth-order valence-corrected chi connectivity index (χ4v) is 7.58. The van der Waals surface area contributed by atoms with Gasteiger partial charge in [-0.15, -0.1) is 0 Å². The van der Waals surface area contributed by atoms with Crippen LogP contribution in [0.5, 0.6) is 0 Å². The molecule has 7 aromatic rings. The molecule has 1 aromatic heterocycles. The lowest BCUT2D eigenvalue weighted by molar-refractivity contribution is 0.714. The maximum atomic E-state index is 5.23. The van der Waals surface area contributed by atoms with Crippen LogP contribution in [0.3, 0.4) is 0 Å². The van der Waals surface area contributed by atoms with Gasteiger partial charge in [-0.25, -0.2) is 0 Å². The van der Waals surface area contributed by atoms with Crippen molar-refractivity contribution >= 4 is 33.5 Å². The van der Waals surface area contributed by atoms with Crippen molar-refractivity contribution in [3.63, 3.8) is 0 Å². The summed E-state index contributed by atoms with van der Waals surface area (Å²) in [5.41, 5.74) is 10.9. The predicted molar refractivity (Wildman–Crippen MR) is 186 cm³/mol. The van der Waals surface area contributed by atoms with Gasteiger partial charge in [-0.05, 0) is 46.9 Å². The van der Waals surface area contributed by atoms with Crippen molar-refractivity contribution in [3.8, 4) is 11.1 Å². The minimum Gasteiger partial charge on any atom is -0.326 e. The average molecular weight is 578 g/mol. The monoisotopic (exact) mass is 577 g/mol. The van der Waals surface area contributed by atoms with Gasteiger partial charge in [0.25, 0.3) is 0 Å². The van der Waals surface area contributed by atoms with Gasteiger partial charge in [-0.3, -0.25) is 9.56 Å². The number of fused-ring (bicyclic) bond motifs is 7. The van der Waals surface area contributed by atoms with Gasteiger partial charge in [0.05, 0.1) is 17.1 Å². The summed E-state index contributed by atoms with van der Waals surface area (Å²) in [6.45, 7) is 2.38. The molecule has 1 N–H and O–H groups in total. The molecule has 0 amide bonds. The lowest BCUT2D eigenvalue weighted by atomic mass is 9.74. The van der Waals surface area contributed by atoms with E-state index >= 15 is 0 Å². The molecule has 0 fully saturated rings. The molecule has 2 atom stereocenters. The molecular weight excluding hydrogens is 546 g/mol. The van der Waals surface area contributed by atoms with E-state index < -0.39 is 0 Å². The van der Waals surface area contributed by atoms with Gasteiger partial charge in [-0.1, -0.05) is 146 Å². The third-order valence-electron chi connectivity index (χ3n) is 9.72. The zero-order valence-electron chi connectivity index (χ0n) is 25.0. The topological polar surface area (TPSA) is 29.3 Å². The highest BCUT2D eigenvalue weighted by Gasteiger charge is 2.42. The molecule has 214 valence electrons. The Morgan fingerprint density at radius 3 is 2.09 bits per heavy atom. The SMILES string of the molecule is CC1(c2ccccc2)c2ccccc2-c2c1ccc1c3ccccc3n(C3=CC(c4ccccc4)N=C(c4ccccc4)N3)c21. The maximum Gasteiger partial charge on any atom is 0.134 e. The fraction of sp³-hybridized carbons (Fsp3) is 0.0714. The molecule has 2 aliphatic rings. The van der Waals surface area contributed by atoms with E-state index in [1.807, 2.05) is 0 Å². The lowest BCUT2D eigenvalue weighted by Crippen LogP contribution is -2.30. The van der Waals surface area contributed by atoms with E-state index in [0.29, 0.717) is 0 Å². The van der Waals surface area contributed by atoms with E-state index in [1.54, 1.807) is 0 Å². The predicted octanol–water partition coefficient (Wildman–Crippen LogP) is 9.72. The van der Waals surface area contributed by atoms with Crippen molar-refractivity contribution < 1.29 is 0 Å². The number of aromatic nitrogens is 1. The second kappa shape index (κ2) is 9.93. The van der Waals surface area contributed by atoms with Crippen molar-refractivity contribution in [3.05, 3.63) is 186 Å². The molecule has 2 heterocycles.